The van der Waals surface area contributed by atoms with Crippen molar-refractivity contribution in [1.29, 1.82) is 5.26 Å². The van der Waals surface area contributed by atoms with Crippen molar-refractivity contribution in [3.05, 3.63) is 137 Å². The minimum Gasteiger partial charge on any atom is -0.480 e. The number of aryl methyl sites for hydroxylation is 1. The number of benzene rings is 4. The highest BCUT2D eigenvalue weighted by Crippen LogP contribution is 2.44. The number of aromatic nitrogens is 2. The third-order valence-electron chi connectivity index (χ3n) is 8.32. The summed E-state index contributed by atoms with van der Waals surface area (Å²) in [6.07, 6.45) is -0.428. The molecule has 0 spiro atoms. The van der Waals surface area contributed by atoms with E-state index in [0.717, 1.165) is 28.5 Å². The molecule has 0 N–H and O–H groups in total. The normalized spacial score (nSPS) is 20.7. The van der Waals surface area contributed by atoms with E-state index in [2.05, 4.69) is 18.0 Å². The van der Waals surface area contributed by atoms with Crippen molar-refractivity contribution in [3.63, 3.8) is 0 Å². The number of hydrogen-bond donors (Lipinski definition) is 0. The van der Waals surface area contributed by atoms with Crippen LogP contribution in [0.2, 0.25) is 0 Å². The van der Waals surface area contributed by atoms with Gasteiger partial charge in [0, 0.05) is 12.0 Å². The summed E-state index contributed by atoms with van der Waals surface area (Å²) in [4.78, 5) is 9.43. The molecule has 6 rings (SSSR count). The number of fused-ring (bicyclic) bond motifs is 1. The molecule has 8 heteroatoms. The van der Waals surface area contributed by atoms with Crippen LogP contribution >= 0.6 is 0 Å². The van der Waals surface area contributed by atoms with Gasteiger partial charge >= 0.3 is 0 Å². The molecule has 1 fully saturated rings. The van der Waals surface area contributed by atoms with Gasteiger partial charge in [-0.3, -0.25) is 0 Å². The van der Waals surface area contributed by atoms with E-state index in [4.69, 9.17) is 28.7 Å². The van der Waals surface area contributed by atoms with Crippen LogP contribution in [0.15, 0.2) is 109 Å². The van der Waals surface area contributed by atoms with Crippen molar-refractivity contribution in [2.24, 2.45) is 0 Å². The van der Waals surface area contributed by atoms with Crippen LogP contribution in [0.5, 0.6) is 5.88 Å². The molecule has 0 radical (unpaired) electrons. The quantitative estimate of drug-likeness (QED) is 0.128. The zero-order valence-corrected chi connectivity index (χ0v) is 26.7. The zero-order chi connectivity index (χ0) is 32.5. The predicted molar refractivity (Wildman–Crippen MR) is 178 cm³/mol. The molecule has 1 aliphatic heterocycles. The largest absolute Gasteiger partial charge is 0.480 e. The molecule has 5 aromatic rings. The van der Waals surface area contributed by atoms with Crippen LogP contribution in [0.1, 0.15) is 41.4 Å². The topological polar surface area (TPSA) is 95.7 Å². The van der Waals surface area contributed by atoms with Gasteiger partial charge in [-0.2, -0.15) is 10.2 Å². The monoisotopic (exact) mass is 629 g/mol. The third-order valence-corrected chi connectivity index (χ3v) is 8.32. The van der Waals surface area contributed by atoms with Crippen molar-refractivity contribution in [2.45, 2.75) is 63.5 Å². The van der Waals surface area contributed by atoms with E-state index >= 15 is 0 Å². The molecule has 47 heavy (non-hydrogen) atoms. The van der Waals surface area contributed by atoms with Gasteiger partial charge in [0.05, 0.1) is 44.4 Å². The van der Waals surface area contributed by atoms with Gasteiger partial charge < -0.3 is 23.7 Å². The average Bonchev–Trinajstić information content (AvgIpc) is 3.43. The summed E-state index contributed by atoms with van der Waals surface area (Å²) in [5.74, 6) is 1.18. The van der Waals surface area contributed by atoms with Crippen LogP contribution in [0.3, 0.4) is 0 Å². The maximum Gasteiger partial charge on any atom is 0.224 e. The SMILES string of the molecule is CCCc1nc(OC)c2ccc([C@]3(C#N)O[C@H](COCc4ccccc4)[C@@H](OCc4ccccc4)[C@H]3OCc3ccccc3)cc2n1. The molecule has 4 atom stereocenters. The molecule has 0 saturated carbocycles. The lowest BCUT2D eigenvalue weighted by Crippen LogP contribution is -2.43. The Hall–Kier alpha value is -4.65. The second kappa shape index (κ2) is 15.3. The molecular weight excluding hydrogens is 590 g/mol. The Kier molecular flexibility index (Phi) is 10.5. The molecular formula is C39H39N3O5. The van der Waals surface area contributed by atoms with Gasteiger partial charge in [-0.05, 0) is 35.2 Å². The van der Waals surface area contributed by atoms with Crippen molar-refractivity contribution in [2.75, 3.05) is 13.7 Å². The first-order valence-corrected chi connectivity index (χ1v) is 16.0. The summed E-state index contributed by atoms with van der Waals surface area (Å²) in [6, 6.07) is 38.0. The summed E-state index contributed by atoms with van der Waals surface area (Å²) in [5.41, 5.74) is 2.79. The Morgan fingerprint density at radius 3 is 2.00 bits per heavy atom. The number of nitrogens with zero attached hydrogens (tertiary/aromatic N) is 3. The molecule has 0 amide bonds. The first kappa shape index (κ1) is 32.3. The smallest absolute Gasteiger partial charge is 0.224 e. The van der Waals surface area contributed by atoms with Crippen molar-refractivity contribution < 1.29 is 23.7 Å². The molecule has 1 aliphatic rings. The van der Waals surface area contributed by atoms with Gasteiger partial charge in [0.15, 0.2) is 0 Å². The minimum atomic E-state index is -1.52. The fourth-order valence-electron chi connectivity index (χ4n) is 5.98. The Labute approximate surface area is 275 Å². The lowest BCUT2D eigenvalue weighted by atomic mass is 9.87. The van der Waals surface area contributed by atoms with E-state index in [0.29, 0.717) is 42.4 Å². The summed E-state index contributed by atoms with van der Waals surface area (Å²) < 4.78 is 31.9. The van der Waals surface area contributed by atoms with Crippen molar-refractivity contribution in [3.8, 4) is 11.9 Å². The molecule has 8 nitrogen and oxygen atoms in total. The van der Waals surface area contributed by atoms with Crippen LogP contribution in [-0.4, -0.2) is 42.0 Å². The first-order valence-electron chi connectivity index (χ1n) is 16.0. The van der Waals surface area contributed by atoms with Gasteiger partial charge in [0.2, 0.25) is 11.5 Å². The van der Waals surface area contributed by atoms with Crippen LogP contribution in [0.4, 0.5) is 0 Å². The standard InChI is InChI=1S/C39H39N3O5/c1-3-13-35-41-33-22-31(20-21-32(33)38(42-35)43-2)39(27-40)37(46-25-30-18-11-6-12-19-30)36(45-24-29-16-9-5-10-17-29)34(47-39)26-44-23-28-14-7-4-8-15-28/h4-12,14-22,34,36-37H,3,13,23-26H2,1-2H3/t34-,36-,37-,39+/m1/s1. The summed E-state index contributed by atoms with van der Waals surface area (Å²) >= 11 is 0. The fraction of sp³-hybridized carbons (Fsp3) is 0.308. The second-order valence-corrected chi connectivity index (χ2v) is 11.6. The fourth-order valence-corrected chi connectivity index (χ4v) is 5.98. The van der Waals surface area contributed by atoms with E-state index in [1.54, 1.807) is 7.11 Å². The Morgan fingerprint density at radius 2 is 1.40 bits per heavy atom. The maximum absolute atomic E-state index is 11.1. The number of methoxy groups -OCH3 is 1. The average molecular weight is 630 g/mol. The summed E-state index contributed by atoms with van der Waals surface area (Å²) in [7, 11) is 1.60. The Balaban J connectivity index is 1.39. The minimum absolute atomic E-state index is 0.202. The van der Waals surface area contributed by atoms with Gasteiger partial charge in [-0.1, -0.05) is 104 Å². The molecule has 1 aromatic heterocycles. The van der Waals surface area contributed by atoms with E-state index in [9.17, 15) is 5.26 Å². The van der Waals surface area contributed by atoms with Gasteiger partial charge in [-0.25, -0.2) is 4.98 Å². The highest BCUT2D eigenvalue weighted by atomic mass is 16.6. The van der Waals surface area contributed by atoms with Gasteiger partial charge in [0.25, 0.3) is 0 Å². The van der Waals surface area contributed by atoms with Gasteiger partial charge in [0.1, 0.15) is 30.2 Å². The van der Waals surface area contributed by atoms with Crippen LogP contribution < -0.4 is 4.74 Å². The van der Waals surface area contributed by atoms with Gasteiger partial charge in [-0.15, -0.1) is 0 Å². The molecule has 1 saturated heterocycles. The zero-order valence-electron chi connectivity index (χ0n) is 26.7. The van der Waals surface area contributed by atoms with Crippen LogP contribution in [0, 0.1) is 11.3 Å². The number of rotatable bonds is 14. The Morgan fingerprint density at radius 1 is 0.787 bits per heavy atom. The van der Waals surface area contributed by atoms with Crippen LogP contribution in [-0.2, 0) is 50.8 Å². The molecule has 0 bridgehead atoms. The molecule has 2 heterocycles. The first-order chi connectivity index (χ1) is 23.1. The Bertz CT molecular complexity index is 1780. The lowest BCUT2D eigenvalue weighted by molar-refractivity contribution is -0.0952. The molecule has 0 unspecified atom stereocenters. The van der Waals surface area contributed by atoms with E-state index in [-0.39, 0.29) is 13.2 Å². The maximum atomic E-state index is 11.1. The van der Waals surface area contributed by atoms with E-state index in [1.165, 1.54) is 0 Å². The number of ether oxygens (including phenoxy) is 5. The summed E-state index contributed by atoms with van der Waals surface area (Å²) in [5, 5.41) is 11.8. The molecule has 0 aliphatic carbocycles. The second-order valence-electron chi connectivity index (χ2n) is 11.6. The van der Waals surface area contributed by atoms with E-state index in [1.807, 2.05) is 109 Å². The summed E-state index contributed by atoms with van der Waals surface area (Å²) in [6.45, 7) is 3.27. The number of nitriles is 1. The predicted octanol–water partition coefficient (Wildman–Crippen LogP) is 7.10. The van der Waals surface area contributed by atoms with Crippen molar-refractivity contribution >= 4 is 10.9 Å². The van der Waals surface area contributed by atoms with Crippen molar-refractivity contribution in [1.82, 2.24) is 9.97 Å². The number of hydrogen-bond acceptors (Lipinski definition) is 8. The highest BCUT2D eigenvalue weighted by Gasteiger charge is 2.58. The van der Waals surface area contributed by atoms with Crippen LogP contribution in [0.25, 0.3) is 10.9 Å². The molecule has 240 valence electrons. The van der Waals surface area contributed by atoms with E-state index < -0.39 is 23.9 Å². The lowest BCUT2D eigenvalue weighted by Gasteiger charge is -2.30. The molecule has 4 aromatic carbocycles. The highest BCUT2D eigenvalue weighted by molar-refractivity contribution is 5.84. The third kappa shape index (κ3) is 7.35.